The van der Waals surface area contributed by atoms with E-state index in [0.717, 1.165) is 0 Å². The van der Waals surface area contributed by atoms with Gasteiger partial charge in [-0.3, -0.25) is 4.79 Å². The van der Waals surface area contributed by atoms with Gasteiger partial charge in [0.15, 0.2) is 17.3 Å². The number of carboxylic acid groups (broad SMARTS) is 1. The van der Waals surface area contributed by atoms with Crippen LogP contribution >= 0.6 is 0 Å². The standard InChI is InChI=1S/C19H16F2O6/c1-25-17-10-12(3-9-16(17)27-19(20)21)2-8-15(22)13-4-6-14(7-5-13)26-11-18(23)24/h2-10,19H,11H2,1H3,(H,23,24)/p-1/b8-2+. The van der Waals surface area contributed by atoms with E-state index in [4.69, 9.17) is 9.47 Å². The van der Waals surface area contributed by atoms with Crippen molar-refractivity contribution in [2.45, 2.75) is 6.61 Å². The molecule has 0 aliphatic carbocycles. The van der Waals surface area contributed by atoms with E-state index in [9.17, 15) is 23.5 Å². The molecule has 0 radical (unpaired) electrons. The Morgan fingerprint density at radius 3 is 2.41 bits per heavy atom. The second kappa shape index (κ2) is 9.33. The molecule has 2 aromatic rings. The van der Waals surface area contributed by atoms with E-state index >= 15 is 0 Å². The first-order valence-corrected chi connectivity index (χ1v) is 7.67. The first kappa shape index (κ1) is 19.9. The minimum atomic E-state index is -2.97. The molecule has 0 atom stereocenters. The average Bonchev–Trinajstić information content (AvgIpc) is 2.65. The number of benzene rings is 2. The first-order valence-electron chi connectivity index (χ1n) is 7.67. The van der Waals surface area contributed by atoms with Crippen LogP contribution in [0.15, 0.2) is 48.5 Å². The summed E-state index contributed by atoms with van der Waals surface area (Å²) < 4.78 is 38.9. The fraction of sp³-hybridized carbons (Fsp3) is 0.158. The summed E-state index contributed by atoms with van der Waals surface area (Å²) >= 11 is 0. The van der Waals surface area contributed by atoms with Crippen LogP contribution in [0.5, 0.6) is 17.2 Å². The minimum absolute atomic E-state index is 0.108. The van der Waals surface area contributed by atoms with Crippen LogP contribution in [-0.2, 0) is 4.79 Å². The lowest BCUT2D eigenvalue weighted by atomic mass is 10.1. The normalized spacial score (nSPS) is 10.8. The van der Waals surface area contributed by atoms with E-state index < -0.39 is 19.2 Å². The van der Waals surface area contributed by atoms with Crippen molar-refractivity contribution in [3.05, 3.63) is 59.7 Å². The fourth-order valence-corrected chi connectivity index (χ4v) is 2.11. The molecule has 8 heteroatoms. The first-order chi connectivity index (χ1) is 12.9. The molecule has 0 spiro atoms. The van der Waals surface area contributed by atoms with Crippen LogP contribution in [0, 0.1) is 0 Å². The quantitative estimate of drug-likeness (QED) is 0.493. The minimum Gasteiger partial charge on any atom is -0.546 e. The number of hydrogen-bond acceptors (Lipinski definition) is 6. The molecule has 0 fully saturated rings. The summed E-state index contributed by atoms with van der Waals surface area (Å²) in [5.74, 6) is -1.37. The fourth-order valence-electron chi connectivity index (χ4n) is 2.11. The Morgan fingerprint density at radius 1 is 1.11 bits per heavy atom. The highest BCUT2D eigenvalue weighted by atomic mass is 19.3. The molecular formula is C19H15F2O6-. The molecule has 6 nitrogen and oxygen atoms in total. The Labute approximate surface area is 153 Å². The van der Waals surface area contributed by atoms with Crippen LogP contribution in [-0.4, -0.2) is 32.1 Å². The van der Waals surface area contributed by atoms with Crippen LogP contribution in [0.4, 0.5) is 8.78 Å². The number of aliphatic carboxylic acids is 1. The van der Waals surface area contributed by atoms with E-state index in [1.54, 1.807) is 0 Å². The number of carbonyl (C=O) groups excluding carboxylic acids is 2. The van der Waals surface area contributed by atoms with Crippen molar-refractivity contribution >= 4 is 17.8 Å². The van der Waals surface area contributed by atoms with Crippen LogP contribution in [0.1, 0.15) is 15.9 Å². The van der Waals surface area contributed by atoms with Crippen molar-refractivity contribution in [1.82, 2.24) is 0 Å². The molecule has 0 unspecified atom stereocenters. The Kier molecular flexibility index (Phi) is 6.87. The molecule has 142 valence electrons. The third kappa shape index (κ3) is 6.10. The number of alkyl halides is 2. The average molecular weight is 377 g/mol. The lowest BCUT2D eigenvalue weighted by Gasteiger charge is -2.10. The second-order valence-electron chi connectivity index (χ2n) is 5.17. The number of halogens is 2. The van der Waals surface area contributed by atoms with E-state index in [2.05, 4.69) is 4.74 Å². The number of ether oxygens (including phenoxy) is 3. The molecule has 2 rings (SSSR count). The van der Waals surface area contributed by atoms with E-state index in [1.165, 1.54) is 61.7 Å². The maximum Gasteiger partial charge on any atom is 0.387 e. The van der Waals surface area contributed by atoms with Crippen molar-refractivity contribution in [2.75, 3.05) is 13.7 Å². The van der Waals surface area contributed by atoms with Crippen LogP contribution in [0.2, 0.25) is 0 Å². The molecule has 0 heterocycles. The predicted molar refractivity (Wildman–Crippen MR) is 89.9 cm³/mol. The van der Waals surface area contributed by atoms with Gasteiger partial charge in [-0.05, 0) is 48.0 Å². The number of ketones is 1. The van der Waals surface area contributed by atoms with Gasteiger partial charge >= 0.3 is 6.61 Å². The Bertz CT molecular complexity index is 831. The number of allylic oxidation sites excluding steroid dienone is 1. The SMILES string of the molecule is COc1cc(/C=C/C(=O)c2ccc(OCC(=O)[O-])cc2)ccc1OC(F)F. The molecule has 0 aliphatic rings. The molecule has 0 N–H and O–H groups in total. The van der Waals surface area contributed by atoms with Crippen molar-refractivity contribution in [3.63, 3.8) is 0 Å². The third-order valence-electron chi connectivity index (χ3n) is 3.33. The number of rotatable bonds is 9. The lowest BCUT2D eigenvalue weighted by Crippen LogP contribution is -2.28. The Morgan fingerprint density at radius 2 is 1.81 bits per heavy atom. The van der Waals surface area contributed by atoms with E-state index in [1.807, 2.05) is 0 Å². The summed E-state index contributed by atoms with van der Waals surface area (Å²) in [5, 5.41) is 10.3. The maximum absolute atomic E-state index is 12.3. The zero-order valence-electron chi connectivity index (χ0n) is 14.2. The Hall–Kier alpha value is -3.42. The number of methoxy groups -OCH3 is 1. The van der Waals surface area contributed by atoms with Gasteiger partial charge in [0.1, 0.15) is 12.4 Å². The molecule has 27 heavy (non-hydrogen) atoms. The highest BCUT2D eigenvalue weighted by Gasteiger charge is 2.10. The monoisotopic (exact) mass is 377 g/mol. The largest absolute Gasteiger partial charge is 0.546 e. The summed E-state index contributed by atoms with van der Waals surface area (Å²) in [7, 11) is 1.32. The van der Waals surface area contributed by atoms with Crippen LogP contribution < -0.4 is 19.3 Å². The molecule has 0 bridgehead atoms. The van der Waals surface area contributed by atoms with Crippen LogP contribution in [0.3, 0.4) is 0 Å². The number of carbonyl (C=O) groups is 2. The summed E-state index contributed by atoms with van der Waals surface area (Å²) in [5.41, 5.74) is 0.910. The molecule has 0 saturated carbocycles. The molecule has 2 aromatic carbocycles. The van der Waals surface area contributed by atoms with Crippen molar-refractivity contribution < 1.29 is 37.7 Å². The lowest BCUT2D eigenvalue weighted by molar-refractivity contribution is -0.307. The van der Waals surface area contributed by atoms with Gasteiger partial charge in [-0.1, -0.05) is 12.1 Å². The predicted octanol–water partition coefficient (Wildman–Crippen LogP) is 2.32. The van der Waals surface area contributed by atoms with Gasteiger partial charge < -0.3 is 24.1 Å². The molecular weight excluding hydrogens is 362 g/mol. The second-order valence-corrected chi connectivity index (χ2v) is 5.17. The van der Waals surface area contributed by atoms with Gasteiger partial charge in [0.2, 0.25) is 0 Å². The van der Waals surface area contributed by atoms with Gasteiger partial charge in [0.25, 0.3) is 0 Å². The molecule has 0 amide bonds. The van der Waals surface area contributed by atoms with Crippen LogP contribution in [0.25, 0.3) is 6.08 Å². The molecule has 0 saturated heterocycles. The van der Waals surface area contributed by atoms with Gasteiger partial charge in [-0.25, -0.2) is 0 Å². The van der Waals surface area contributed by atoms with Gasteiger partial charge in [0.05, 0.1) is 13.1 Å². The Balaban J connectivity index is 2.06. The van der Waals surface area contributed by atoms with Crippen molar-refractivity contribution in [3.8, 4) is 17.2 Å². The molecule has 0 aliphatic heterocycles. The summed E-state index contributed by atoms with van der Waals surface area (Å²) in [6, 6.07) is 10.2. The highest BCUT2D eigenvalue weighted by molar-refractivity contribution is 6.06. The van der Waals surface area contributed by atoms with Gasteiger partial charge in [0, 0.05) is 5.56 Å². The van der Waals surface area contributed by atoms with Gasteiger partial charge in [-0.2, -0.15) is 8.78 Å². The summed E-state index contributed by atoms with van der Waals surface area (Å²) in [6.45, 7) is -3.55. The van der Waals surface area contributed by atoms with Crippen molar-refractivity contribution in [2.24, 2.45) is 0 Å². The number of hydrogen-bond donors (Lipinski definition) is 0. The topological polar surface area (TPSA) is 84.9 Å². The zero-order chi connectivity index (χ0) is 19.8. The highest BCUT2D eigenvalue weighted by Crippen LogP contribution is 2.29. The number of carboxylic acids is 1. The third-order valence-corrected chi connectivity index (χ3v) is 3.33. The smallest absolute Gasteiger partial charge is 0.387 e. The maximum atomic E-state index is 12.3. The zero-order valence-corrected chi connectivity index (χ0v) is 14.2. The van der Waals surface area contributed by atoms with Gasteiger partial charge in [-0.15, -0.1) is 0 Å². The summed E-state index contributed by atoms with van der Waals surface area (Å²) in [6.07, 6.45) is 2.80. The molecule has 0 aromatic heterocycles. The van der Waals surface area contributed by atoms with E-state index in [0.29, 0.717) is 16.9 Å². The summed E-state index contributed by atoms with van der Waals surface area (Å²) in [4.78, 5) is 22.5. The van der Waals surface area contributed by atoms with Crippen molar-refractivity contribution in [1.29, 1.82) is 0 Å². The van der Waals surface area contributed by atoms with E-state index in [-0.39, 0.29) is 17.3 Å².